The van der Waals surface area contributed by atoms with E-state index in [0.717, 1.165) is 30.4 Å². The Morgan fingerprint density at radius 3 is 2.86 bits per heavy atom. The minimum atomic E-state index is -0.757. The molecule has 1 N–H and O–H groups in total. The molecule has 0 saturated heterocycles. The number of benzene rings is 1. The van der Waals surface area contributed by atoms with Crippen LogP contribution in [0.2, 0.25) is 0 Å². The Balaban J connectivity index is 1.98. The highest BCUT2D eigenvalue weighted by molar-refractivity contribution is 5.92. The van der Waals surface area contributed by atoms with Gasteiger partial charge in [0.2, 0.25) is 0 Å². The summed E-state index contributed by atoms with van der Waals surface area (Å²) in [4.78, 5) is 24.6. The summed E-state index contributed by atoms with van der Waals surface area (Å²) in [5.41, 5.74) is 2.59. The van der Waals surface area contributed by atoms with E-state index in [1.54, 1.807) is 0 Å². The third kappa shape index (κ3) is 1.39. The Morgan fingerprint density at radius 1 is 1.38 bits per heavy atom. The predicted octanol–water partition coefficient (Wildman–Crippen LogP) is 3.41. The molecule has 2 bridgehead atoms. The summed E-state index contributed by atoms with van der Waals surface area (Å²) in [7, 11) is 0. The zero-order chi connectivity index (χ0) is 15.0. The van der Waals surface area contributed by atoms with E-state index in [2.05, 4.69) is 6.07 Å². The summed E-state index contributed by atoms with van der Waals surface area (Å²) in [6.45, 7) is 4.04. The van der Waals surface area contributed by atoms with Crippen LogP contribution in [0.5, 0.6) is 0 Å². The lowest BCUT2D eigenvalue weighted by atomic mass is 9.61. The van der Waals surface area contributed by atoms with Gasteiger partial charge in [0.05, 0.1) is 5.92 Å². The molecule has 1 unspecified atom stereocenters. The second-order valence-electron chi connectivity index (χ2n) is 7.51. The van der Waals surface area contributed by atoms with Crippen molar-refractivity contribution in [2.45, 2.75) is 51.4 Å². The van der Waals surface area contributed by atoms with Gasteiger partial charge in [-0.1, -0.05) is 25.1 Å². The van der Waals surface area contributed by atoms with Crippen LogP contribution in [0.1, 0.15) is 61.1 Å². The summed E-state index contributed by atoms with van der Waals surface area (Å²) >= 11 is 0. The van der Waals surface area contributed by atoms with Crippen molar-refractivity contribution in [2.75, 3.05) is 0 Å². The van der Waals surface area contributed by atoms with Crippen molar-refractivity contribution in [2.24, 2.45) is 10.8 Å². The van der Waals surface area contributed by atoms with E-state index in [-0.39, 0.29) is 22.5 Å². The van der Waals surface area contributed by atoms with Crippen LogP contribution in [-0.4, -0.2) is 16.9 Å². The number of carboxylic acids is 1. The van der Waals surface area contributed by atoms with E-state index >= 15 is 0 Å². The van der Waals surface area contributed by atoms with Gasteiger partial charge in [-0.15, -0.1) is 0 Å². The van der Waals surface area contributed by atoms with Gasteiger partial charge in [0.1, 0.15) is 5.78 Å². The van der Waals surface area contributed by atoms with Gasteiger partial charge in [0.25, 0.3) is 0 Å². The van der Waals surface area contributed by atoms with E-state index < -0.39 is 11.9 Å². The van der Waals surface area contributed by atoms with Crippen LogP contribution in [0.25, 0.3) is 0 Å². The monoisotopic (exact) mass is 284 g/mol. The molecule has 2 saturated carbocycles. The lowest BCUT2D eigenvalue weighted by molar-refractivity contribution is -0.142. The fourth-order valence-electron chi connectivity index (χ4n) is 5.55. The average molecular weight is 284 g/mol. The fraction of sp³-hybridized carbons (Fsp3) is 0.556. The first-order valence-electron chi connectivity index (χ1n) is 7.75. The molecule has 0 aliphatic heterocycles. The number of rotatable bonds is 1. The predicted molar refractivity (Wildman–Crippen MR) is 78.3 cm³/mol. The number of carboxylic acid groups (broad SMARTS) is 1. The largest absolute Gasteiger partial charge is 0.481 e. The molecule has 1 aromatic rings. The van der Waals surface area contributed by atoms with Crippen LogP contribution < -0.4 is 0 Å². The third-order valence-corrected chi connectivity index (χ3v) is 6.40. The number of aliphatic carboxylic acids is 1. The minimum Gasteiger partial charge on any atom is -0.481 e. The Kier molecular flexibility index (Phi) is 2.34. The van der Waals surface area contributed by atoms with Crippen molar-refractivity contribution < 1.29 is 14.7 Å². The van der Waals surface area contributed by atoms with Crippen molar-refractivity contribution >= 4 is 11.8 Å². The standard InChI is InChI=1S/C18H20O3/c1-10-4-3-5-11-12-6-7-17(2)9-18(12,8-13(17)19)15(14(10)11)16(20)21/h3-5,12,15H,6-9H2,1-2H3,(H,20,21)/t12?,15-,17+,18-/m1/s1. The van der Waals surface area contributed by atoms with Gasteiger partial charge in [0, 0.05) is 17.3 Å². The molecule has 3 nitrogen and oxygen atoms in total. The summed E-state index contributed by atoms with van der Waals surface area (Å²) < 4.78 is 0. The van der Waals surface area contributed by atoms with Gasteiger partial charge in [-0.25, -0.2) is 0 Å². The second kappa shape index (κ2) is 3.76. The first-order chi connectivity index (χ1) is 9.89. The molecule has 4 atom stereocenters. The molecule has 110 valence electrons. The van der Waals surface area contributed by atoms with E-state index in [1.807, 2.05) is 26.0 Å². The van der Waals surface area contributed by atoms with Crippen LogP contribution in [0.4, 0.5) is 0 Å². The maximum atomic E-state index is 12.5. The molecule has 4 rings (SSSR count). The van der Waals surface area contributed by atoms with Crippen molar-refractivity contribution in [3.8, 4) is 0 Å². The molecule has 3 heteroatoms. The van der Waals surface area contributed by atoms with E-state index in [0.29, 0.717) is 6.42 Å². The van der Waals surface area contributed by atoms with Gasteiger partial charge in [0.15, 0.2) is 0 Å². The summed E-state index contributed by atoms with van der Waals surface area (Å²) in [6, 6.07) is 6.11. The van der Waals surface area contributed by atoms with Crippen LogP contribution in [0.3, 0.4) is 0 Å². The molecule has 3 aliphatic rings. The molecule has 0 radical (unpaired) electrons. The van der Waals surface area contributed by atoms with Crippen molar-refractivity contribution in [3.05, 3.63) is 34.9 Å². The Morgan fingerprint density at radius 2 is 2.14 bits per heavy atom. The molecule has 0 amide bonds. The van der Waals surface area contributed by atoms with Gasteiger partial charge >= 0.3 is 5.97 Å². The number of carbonyl (C=O) groups is 2. The van der Waals surface area contributed by atoms with Gasteiger partial charge in [-0.3, -0.25) is 9.59 Å². The number of aryl methyl sites for hydroxylation is 1. The summed E-state index contributed by atoms with van der Waals surface area (Å²) in [5.74, 6) is -0.744. The SMILES string of the molecule is Cc1cccc2c1[C@H](C(=O)O)[C@@]13CC(=O)[C@@](C)(CCC21)C3. The van der Waals surface area contributed by atoms with Crippen LogP contribution >= 0.6 is 0 Å². The Bertz CT molecular complexity index is 677. The number of ketones is 1. The van der Waals surface area contributed by atoms with Gasteiger partial charge in [-0.05, 0) is 48.8 Å². The maximum absolute atomic E-state index is 12.5. The fourth-order valence-corrected chi connectivity index (χ4v) is 5.55. The third-order valence-electron chi connectivity index (χ3n) is 6.40. The van der Waals surface area contributed by atoms with E-state index in [4.69, 9.17) is 0 Å². The van der Waals surface area contributed by atoms with Crippen LogP contribution in [0.15, 0.2) is 18.2 Å². The van der Waals surface area contributed by atoms with Crippen LogP contribution in [0, 0.1) is 17.8 Å². The van der Waals surface area contributed by atoms with Gasteiger partial charge < -0.3 is 5.11 Å². The average Bonchev–Trinajstić information content (AvgIpc) is 2.79. The molecular weight excluding hydrogens is 264 g/mol. The molecule has 1 aromatic carbocycles. The lowest BCUT2D eigenvalue weighted by Crippen LogP contribution is -2.36. The first kappa shape index (κ1) is 13.1. The highest BCUT2D eigenvalue weighted by atomic mass is 16.4. The molecule has 2 fully saturated rings. The molecule has 0 heterocycles. The lowest BCUT2D eigenvalue weighted by Gasteiger charge is -2.41. The summed E-state index contributed by atoms with van der Waals surface area (Å²) in [6.07, 6.45) is 3.04. The molecule has 1 spiro atoms. The maximum Gasteiger partial charge on any atom is 0.311 e. The number of hydrogen-bond donors (Lipinski definition) is 1. The zero-order valence-corrected chi connectivity index (χ0v) is 12.5. The smallest absolute Gasteiger partial charge is 0.311 e. The number of Topliss-reactive ketones (excluding diaryl/α,β-unsaturated/α-hetero) is 1. The number of hydrogen-bond acceptors (Lipinski definition) is 2. The van der Waals surface area contributed by atoms with Crippen molar-refractivity contribution in [3.63, 3.8) is 0 Å². The molecule has 3 aliphatic carbocycles. The normalized spacial score (nSPS) is 40.0. The van der Waals surface area contributed by atoms with Gasteiger partial charge in [-0.2, -0.15) is 0 Å². The second-order valence-corrected chi connectivity index (χ2v) is 7.51. The van der Waals surface area contributed by atoms with Crippen molar-refractivity contribution in [1.82, 2.24) is 0 Å². The van der Waals surface area contributed by atoms with E-state index in [1.165, 1.54) is 5.56 Å². The highest BCUT2D eigenvalue weighted by Gasteiger charge is 2.66. The zero-order valence-electron chi connectivity index (χ0n) is 12.5. The quantitative estimate of drug-likeness (QED) is 0.859. The highest BCUT2D eigenvalue weighted by Crippen LogP contribution is 2.71. The van der Waals surface area contributed by atoms with Crippen molar-refractivity contribution in [1.29, 1.82) is 0 Å². The minimum absolute atomic E-state index is 0.244. The first-order valence-corrected chi connectivity index (χ1v) is 7.75. The molecule has 0 aromatic heterocycles. The van der Waals surface area contributed by atoms with Crippen LogP contribution in [-0.2, 0) is 9.59 Å². The summed E-state index contributed by atoms with van der Waals surface area (Å²) in [5, 5.41) is 9.90. The number of carbonyl (C=O) groups excluding carboxylic acids is 1. The Hall–Kier alpha value is -1.64. The molecular formula is C18H20O3. The number of fused-ring (bicyclic) bond motifs is 3. The molecule has 21 heavy (non-hydrogen) atoms. The van der Waals surface area contributed by atoms with E-state index in [9.17, 15) is 14.7 Å². The topological polar surface area (TPSA) is 54.4 Å². The Labute approximate surface area is 124 Å².